The Morgan fingerprint density at radius 1 is 0.500 bits per heavy atom. The molecule has 0 saturated carbocycles. The van der Waals surface area contributed by atoms with Crippen LogP contribution in [0.3, 0.4) is 0 Å². The fraction of sp³-hybridized carbons (Fsp3) is 0.222. The summed E-state index contributed by atoms with van der Waals surface area (Å²) in [6.07, 6.45) is 0. The molecule has 0 aromatic heterocycles. The fourth-order valence-electron chi connectivity index (χ4n) is 3.33. The van der Waals surface area contributed by atoms with E-state index in [9.17, 15) is 14.4 Å². The van der Waals surface area contributed by atoms with Crippen LogP contribution in [0, 0.1) is 0 Å². The van der Waals surface area contributed by atoms with E-state index in [-0.39, 0.29) is 17.9 Å². The van der Waals surface area contributed by atoms with E-state index in [1.807, 2.05) is 36.4 Å². The first kappa shape index (κ1) is 25.5. The zero-order chi connectivity index (χ0) is 24.5. The zero-order valence-electron chi connectivity index (χ0n) is 19.4. The van der Waals surface area contributed by atoms with Crippen LogP contribution in [0.5, 0.6) is 0 Å². The molecule has 7 heteroatoms. The number of hydrogen-bond acceptors (Lipinski definition) is 6. The van der Waals surface area contributed by atoms with Gasteiger partial charge in [-0.1, -0.05) is 0 Å². The number of benzene rings is 3. The summed E-state index contributed by atoms with van der Waals surface area (Å²) in [5.74, 6) is -1.06. The molecule has 3 rings (SSSR count). The molecule has 0 amide bonds. The fourth-order valence-corrected chi connectivity index (χ4v) is 9.71. The number of ether oxygens (including phenoxy) is 3. The van der Waals surface area contributed by atoms with Crippen molar-refractivity contribution in [2.24, 2.45) is 0 Å². The molecule has 0 aliphatic rings. The molecule has 0 spiro atoms. The van der Waals surface area contributed by atoms with Crippen molar-refractivity contribution in [2.75, 3.05) is 19.8 Å². The van der Waals surface area contributed by atoms with E-state index in [1.165, 1.54) is 0 Å². The Balaban J connectivity index is 1.99. The molecule has 3 aromatic carbocycles. The number of carbonyl (C=O) groups is 3. The van der Waals surface area contributed by atoms with Gasteiger partial charge in [-0.3, -0.25) is 0 Å². The van der Waals surface area contributed by atoms with Gasteiger partial charge in [-0.05, 0) is 0 Å². The second-order valence-corrected chi connectivity index (χ2v) is 13.5. The van der Waals surface area contributed by atoms with Crippen molar-refractivity contribution < 1.29 is 28.6 Å². The molecule has 0 saturated heterocycles. The zero-order valence-corrected chi connectivity index (χ0v) is 22.0. The van der Waals surface area contributed by atoms with E-state index < -0.39 is 20.2 Å². The summed E-state index contributed by atoms with van der Waals surface area (Å²) < 4.78 is 18.7. The van der Waals surface area contributed by atoms with Crippen LogP contribution < -0.4 is 10.5 Å². The van der Waals surface area contributed by atoms with Crippen LogP contribution in [0.4, 0.5) is 0 Å². The van der Waals surface area contributed by atoms with Crippen LogP contribution in [-0.4, -0.2) is 57.9 Å². The molecule has 3 aromatic rings. The van der Waals surface area contributed by atoms with Crippen molar-refractivity contribution in [2.45, 2.75) is 20.8 Å². The molecule has 0 aliphatic carbocycles. The molecule has 0 radical (unpaired) electrons. The second-order valence-electron chi connectivity index (χ2n) is 7.14. The standard InChI is InChI=1S/3C9H9O2.Sb/c3*1-2-11-9(10)8-6-4-3-5-7-8;/h3*4-7H,2H2,1H3;. The first-order chi connectivity index (χ1) is 16.5. The van der Waals surface area contributed by atoms with Gasteiger partial charge in [0.2, 0.25) is 0 Å². The summed E-state index contributed by atoms with van der Waals surface area (Å²) in [4.78, 5) is 36.2. The molecule has 176 valence electrons. The molecule has 0 unspecified atom stereocenters. The van der Waals surface area contributed by atoms with E-state index in [1.54, 1.807) is 57.2 Å². The summed E-state index contributed by atoms with van der Waals surface area (Å²) in [6, 6.07) is 22.5. The minimum atomic E-state index is -2.54. The molecule has 0 fully saturated rings. The van der Waals surface area contributed by atoms with Crippen molar-refractivity contribution >= 4 is 48.6 Å². The van der Waals surface area contributed by atoms with Crippen LogP contribution in [0.2, 0.25) is 0 Å². The van der Waals surface area contributed by atoms with Gasteiger partial charge in [0.05, 0.1) is 0 Å². The Bertz CT molecular complexity index is 975. The minimum absolute atomic E-state index is 0.320. The normalized spacial score (nSPS) is 10.6. The van der Waals surface area contributed by atoms with Crippen molar-refractivity contribution in [1.29, 1.82) is 0 Å². The molecule has 0 aliphatic heterocycles. The topological polar surface area (TPSA) is 78.9 Å². The van der Waals surface area contributed by atoms with Crippen LogP contribution in [0.25, 0.3) is 0 Å². The first-order valence-electron chi connectivity index (χ1n) is 11.1. The average Bonchev–Trinajstić information content (AvgIpc) is 2.86. The van der Waals surface area contributed by atoms with Gasteiger partial charge in [0, 0.05) is 0 Å². The van der Waals surface area contributed by atoms with Gasteiger partial charge in [-0.15, -0.1) is 0 Å². The van der Waals surface area contributed by atoms with Crippen LogP contribution in [0.15, 0.2) is 72.8 Å². The van der Waals surface area contributed by atoms with Crippen LogP contribution >= 0.6 is 0 Å². The Labute approximate surface area is 206 Å². The third-order valence-electron chi connectivity index (χ3n) is 4.91. The van der Waals surface area contributed by atoms with E-state index in [4.69, 9.17) is 14.2 Å². The predicted octanol–water partition coefficient (Wildman–Crippen LogP) is 2.73. The third-order valence-corrected chi connectivity index (χ3v) is 11.9. The maximum atomic E-state index is 12.1. The van der Waals surface area contributed by atoms with E-state index >= 15 is 0 Å². The average molecular weight is 569 g/mol. The number of esters is 3. The maximum absolute atomic E-state index is 12.1. The summed E-state index contributed by atoms with van der Waals surface area (Å²) in [5.41, 5.74) is 1.50. The van der Waals surface area contributed by atoms with E-state index in [0.717, 1.165) is 10.5 Å². The van der Waals surface area contributed by atoms with Crippen molar-refractivity contribution in [3.8, 4) is 0 Å². The number of rotatable bonds is 9. The van der Waals surface area contributed by atoms with Crippen LogP contribution in [0.1, 0.15) is 51.8 Å². The molecular formula is C27H27O6Sb. The summed E-state index contributed by atoms with van der Waals surface area (Å²) in [6.45, 7) is 6.28. The Hall–Kier alpha value is -3.11. The van der Waals surface area contributed by atoms with Crippen molar-refractivity contribution in [3.63, 3.8) is 0 Å². The SMILES string of the molecule is CCOC(=O)c1cc[c]([Sb]([c]2ccc(C(=O)OCC)cc2)[c]2ccc(C(=O)OCC)cc2)cc1. The van der Waals surface area contributed by atoms with Gasteiger partial charge in [-0.25, -0.2) is 0 Å². The van der Waals surface area contributed by atoms with Crippen molar-refractivity contribution in [1.82, 2.24) is 0 Å². The molecular weight excluding hydrogens is 542 g/mol. The Morgan fingerprint density at radius 3 is 0.941 bits per heavy atom. The molecule has 34 heavy (non-hydrogen) atoms. The number of carbonyl (C=O) groups excluding carboxylic acids is 3. The predicted molar refractivity (Wildman–Crippen MR) is 132 cm³/mol. The van der Waals surface area contributed by atoms with Gasteiger partial charge < -0.3 is 0 Å². The first-order valence-corrected chi connectivity index (χ1v) is 14.9. The molecule has 6 nitrogen and oxygen atoms in total. The second kappa shape index (κ2) is 12.4. The van der Waals surface area contributed by atoms with Gasteiger partial charge in [0.1, 0.15) is 0 Å². The van der Waals surface area contributed by atoms with Gasteiger partial charge in [0.15, 0.2) is 0 Å². The summed E-state index contributed by atoms with van der Waals surface area (Å²) in [5, 5.41) is 0. The quantitative estimate of drug-likeness (QED) is 0.224. The van der Waals surface area contributed by atoms with Gasteiger partial charge in [-0.2, -0.15) is 0 Å². The molecule has 0 N–H and O–H groups in total. The van der Waals surface area contributed by atoms with E-state index in [0.29, 0.717) is 36.5 Å². The Kier molecular flexibility index (Phi) is 9.29. The monoisotopic (exact) mass is 568 g/mol. The third kappa shape index (κ3) is 6.26. The van der Waals surface area contributed by atoms with Gasteiger partial charge >= 0.3 is 207 Å². The molecule has 0 heterocycles. The van der Waals surface area contributed by atoms with Crippen molar-refractivity contribution in [3.05, 3.63) is 89.5 Å². The molecule has 0 bridgehead atoms. The van der Waals surface area contributed by atoms with Crippen LogP contribution in [-0.2, 0) is 14.2 Å². The van der Waals surface area contributed by atoms with E-state index in [2.05, 4.69) is 0 Å². The van der Waals surface area contributed by atoms with Gasteiger partial charge in [0.25, 0.3) is 0 Å². The summed E-state index contributed by atoms with van der Waals surface area (Å²) >= 11 is -2.54. The Morgan fingerprint density at radius 2 is 0.735 bits per heavy atom. The number of hydrogen-bond donors (Lipinski definition) is 0. The molecule has 0 atom stereocenters. The summed E-state index contributed by atoms with van der Waals surface area (Å²) in [7, 11) is 0.